The summed E-state index contributed by atoms with van der Waals surface area (Å²) in [6, 6.07) is 17.2. The number of carbonyl (C=O) groups excluding carboxylic acids is 1. The Hall–Kier alpha value is -2.81. The lowest BCUT2D eigenvalue weighted by Crippen LogP contribution is -2.22. The van der Waals surface area contributed by atoms with Crippen LogP contribution in [0.25, 0.3) is 21.8 Å². The summed E-state index contributed by atoms with van der Waals surface area (Å²) in [5.74, 6) is 1.01. The molecule has 4 aromatic rings. The third-order valence-electron chi connectivity index (χ3n) is 6.32. The molecule has 1 aliphatic carbocycles. The lowest BCUT2D eigenvalue weighted by molar-refractivity contribution is -0.121. The average Bonchev–Trinajstić information content (AvgIpc) is 3.20. The zero-order valence-corrected chi connectivity index (χ0v) is 15.9. The summed E-state index contributed by atoms with van der Waals surface area (Å²) in [6.07, 6.45) is 6.78. The number of ketones is 1. The highest BCUT2D eigenvalue weighted by Gasteiger charge is 2.34. The molecule has 27 heavy (non-hydrogen) atoms. The molecule has 2 aromatic heterocycles. The number of aromatic nitrogens is 2. The van der Waals surface area contributed by atoms with Crippen LogP contribution in [0.2, 0.25) is 0 Å². The predicted molar refractivity (Wildman–Crippen MR) is 110 cm³/mol. The predicted octanol–water partition coefficient (Wildman–Crippen LogP) is 5.29. The fourth-order valence-electron chi connectivity index (χ4n) is 5.04. The van der Waals surface area contributed by atoms with Crippen LogP contribution >= 0.6 is 0 Å². The van der Waals surface area contributed by atoms with Gasteiger partial charge in [-0.1, -0.05) is 36.4 Å². The van der Waals surface area contributed by atoms with Gasteiger partial charge >= 0.3 is 0 Å². The molecule has 1 fully saturated rings. The number of benzene rings is 2. The Morgan fingerprint density at radius 3 is 1.89 bits per heavy atom. The van der Waals surface area contributed by atoms with E-state index < -0.39 is 0 Å². The van der Waals surface area contributed by atoms with E-state index in [0.29, 0.717) is 24.5 Å². The van der Waals surface area contributed by atoms with E-state index in [1.807, 2.05) is 0 Å². The van der Waals surface area contributed by atoms with Crippen molar-refractivity contribution in [3.63, 3.8) is 0 Å². The first kappa shape index (κ1) is 16.4. The van der Waals surface area contributed by atoms with E-state index in [-0.39, 0.29) is 5.92 Å². The van der Waals surface area contributed by atoms with Crippen LogP contribution in [0.3, 0.4) is 0 Å². The third-order valence-corrected chi connectivity index (χ3v) is 6.32. The summed E-state index contributed by atoms with van der Waals surface area (Å²) < 4.78 is 4.42. The van der Waals surface area contributed by atoms with Crippen LogP contribution in [-0.2, 0) is 18.9 Å². The molecule has 1 aliphatic rings. The molecule has 0 aliphatic heterocycles. The van der Waals surface area contributed by atoms with E-state index >= 15 is 0 Å². The highest BCUT2D eigenvalue weighted by atomic mass is 16.1. The van der Waals surface area contributed by atoms with Crippen molar-refractivity contribution < 1.29 is 4.79 Å². The molecule has 2 atom stereocenters. The van der Waals surface area contributed by atoms with E-state index in [0.717, 1.165) is 6.42 Å². The number of rotatable bonds is 2. The number of carbonyl (C=O) groups is 1. The Bertz CT molecular complexity index is 1160. The van der Waals surface area contributed by atoms with Gasteiger partial charge in [-0.05, 0) is 41.5 Å². The third kappa shape index (κ3) is 2.53. The van der Waals surface area contributed by atoms with E-state index in [2.05, 4.69) is 84.2 Å². The highest BCUT2D eigenvalue weighted by Crippen LogP contribution is 2.47. The SMILES string of the molecule is Cn1cc(C2CCC(=O)CC2c2cn(C)c3ccccc23)c2ccccc21. The van der Waals surface area contributed by atoms with Gasteiger partial charge in [-0.2, -0.15) is 0 Å². The topological polar surface area (TPSA) is 26.9 Å². The van der Waals surface area contributed by atoms with Crippen molar-refractivity contribution in [2.45, 2.75) is 31.1 Å². The first-order valence-corrected chi connectivity index (χ1v) is 9.73. The summed E-state index contributed by atoms with van der Waals surface area (Å²) in [7, 11) is 4.22. The van der Waals surface area contributed by atoms with Crippen molar-refractivity contribution in [2.75, 3.05) is 0 Å². The molecule has 2 aromatic carbocycles. The number of para-hydroxylation sites is 2. The van der Waals surface area contributed by atoms with Gasteiger partial charge in [0.25, 0.3) is 0 Å². The van der Waals surface area contributed by atoms with Crippen molar-refractivity contribution in [3.05, 3.63) is 72.1 Å². The highest BCUT2D eigenvalue weighted by molar-refractivity contribution is 5.89. The summed E-state index contributed by atoms with van der Waals surface area (Å²) in [5, 5.41) is 2.61. The molecule has 1 saturated carbocycles. The number of Topliss-reactive ketones (excluding diaryl/α,β-unsaturated/α-hetero) is 1. The first-order chi connectivity index (χ1) is 13.1. The van der Waals surface area contributed by atoms with Crippen molar-refractivity contribution >= 4 is 27.6 Å². The molecule has 136 valence electrons. The molecular weight excluding hydrogens is 332 g/mol. The average molecular weight is 356 g/mol. The van der Waals surface area contributed by atoms with Gasteiger partial charge in [-0.15, -0.1) is 0 Å². The Kier molecular flexibility index (Phi) is 3.71. The number of aryl methyl sites for hydroxylation is 2. The fourth-order valence-corrected chi connectivity index (χ4v) is 5.04. The Balaban J connectivity index is 1.69. The number of fused-ring (bicyclic) bond motifs is 2. The zero-order valence-electron chi connectivity index (χ0n) is 15.9. The minimum absolute atomic E-state index is 0.239. The normalized spacial score (nSPS) is 20.6. The summed E-state index contributed by atoms with van der Waals surface area (Å²) in [5.41, 5.74) is 5.21. The summed E-state index contributed by atoms with van der Waals surface area (Å²) >= 11 is 0. The zero-order chi connectivity index (χ0) is 18.5. The van der Waals surface area contributed by atoms with Gasteiger partial charge < -0.3 is 9.13 Å². The van der Waals surface area contributed by atoms with Gasteiger partial charge in [0, 0.05) is 61.1 Å². The van der Waals surface area contributed by atoms with Crippen molar-refractivity contribution in [2.24, 2.45) is 14.1 Å². The first-order valence-electron chi connectivity index (χ1n) is 9.73. The molecule has 3 nitrogen and oxygen atoms in total. The molecule has 0 amide bonds. The van der Waals surface area contributed by atoms with Crippen LogP contribution in [0.15, 0.2) is 60.9 Å². The van der Waals surface area contributed by atoms with E-state index in [1.54, 1.807) is 0 Å². The maximum absolute atomic E-state index is 12.4. The lowest BCUT2D eigenvalue weighted by Gasteiger charge is -2.31. The minimum atomic E-state index is 0.239. The number of hydrogen-bond donors (Lipinski definition) is 0. The quantitative estimate of drug-likeness (QED) is 0.479. The van der Waals surface area contributed by atoms with Gasteiger partial charge in [-0.25, -0.2) is 0 Å². The van der Waals surface area contributed by atoms with Crippen LogP contribution in [0, 0.1) is 0 Å². The molecule has 2 unspecified atom stereocenters. The van der Waals surface area contributed by atoms with Crippen LogP contribution in [0.1, 0.15) is 42.2 Å². The Labute approximate surface area is 159 Å². The van der Waals surface area contributed by atoms with Crippen LogP contribution < -0.4 is 0 Å². The van der Waals surface area contributed by atoms with Gasteiger partial charge in [-0.3, -0.25) is 4.79 Å². The molecule has 0 saturated heterocycles. The maximum atomic E-state index is 12.4. The smallest absolute Gasteiger partial charge is 0.133 e. The fraction of sp³-hybridized carbons (Fsp3) is 0.292. The molecular formula is C24H24N2O. The monoisotopic (exact) mass is 356 g/mol. The molecule has 0 spiro atoms. The van der Waals surface area contributed by atoms with Crippen molar-refractivity contribution in [1.82, 2.24) is 9.13 Å². The van der Waals surface area contributed by atoms with Gasteiger partial charge in [0.05, 0.1) is 0 Å². The molecule has 3 heteroatoms. The minimum Gasteiger partial charge on any atom is -0.350 e. The lowest BCUT2D eigenvalue weighted by atomic mass is 9.72. The molecule has 2 heterocycles. The summed E-state index contributed by atoms with van der Waals surface area (Å²) in [4.78, 5) is 12.4. The molecule has 0 radical (unpaired) electrons. The molecule has 5 rings (SSSR count). The van der Waals surface area contributed by atoms with E-state index in [4.69, 9.17) is 0 Å². The van der Waals surface area contributed by atoms with Gasteiger partial charge in [0.2, 0.25) is 0 Å². The second-order valence-corrected chi connectivity index (χ2v) is 7.92. The second kappa shape index (κ2) is 6.12. The molecule has 0 bridgehead atoms. The van der Waals surface area contributed by atoms with E-state index in [1.165, 1.54) is 32.9 Å². The maximum Gasteiger partial charge on any atom is 0.133 e. The van der Waals surface area contributed by atoms with Crippen LogP contribution in [0.4, 0.5) is 0 Å². The van der Waals surface area contributed by atoms with Crippen LogP contribution in [-0.4, -0.2) is 14.9 Å². The van der Waals surface area contributed by atoms with Crippen molar-refractivity contribution in [3.8, 4) is 0 Å². The van der Waals surface area contributed by atoms with Gasteiger partial charge in [0.1, 0.15) is 5.78 Å². The van der Waals surface area contributed by atoms with Crippen LogP contribution in [0.5, 0.6) is 0 Å². The largest absolute Gasteiger partial charge is 0.350 e. The number of nitrogens with zero attached hydrogens (tertiary/aromatic N) is 2. The summed E-state index contributed by atoms with van der Waals surface area (Å²) in [6.45, 7) is 0. The Morgan fingerprint density at radius 1 is 0.778 bits per heavy atom. The van der Waals surface area contributed by atoms with Crippen molar-refractivity contribution in [1.29, 1.82) is 0 Å². The second-order valence-electron chi connectivity index (χ2n) is 7.92. The molecule has 0 N–H and O–H groups in total. The number of hydrogen-bond acceptors (Lipinski definition) is 1. The van der Waals surface area contributed by atoms with E-state index in [9.17, 15) is 4.79 Å². The Morgan fingerprint density at radius 2 is 1.30 bits per heavy atom. The standard InChI is InChI=1S/C24H24N2O/c1-25-14-21(18-7-3-5-9-23(18)25)17-12-11-16(27)13-20(17)22-15-26(2)24-10-6-4-8-19(22)24/h3-10,14-15,17,20H,11-13H2,1-2H3. The van der Waals surface area contributed by atoms with Gasteiger partial charge in [0.15, 0.2) is 0 Å².